The quantitative estimate of drug-likeness (QED) is 0.660. The highest BCUT2D eigenvalue weighted by Crippen LogP contribution is 2.28. The smallest absolute Gasteiger partial charge is 0.406 e. The number of aromatic nitrogens is 2. The van der Waals surface area contributed by atoms with E-state index in [1.165, 1.54) is 29.8 Å². The van der Waals surface area contributed by atoms with E-state index >= 15 is 0 Å². The molecule has 3 heterocycles. The van der Waals surface area contributed by atoms with E-state index in [0.29, 0.717) is 18.7 Å². The normalized spacial score (nSPS) is 14.5. The zero-order chi connectivity index (χ0) is 21.1. The number of carbonyl (C=O) groups is 1. The fraction of sp³-hybridized carbons (Fsp3) is 0.238. The fourth-order valence-corrected chi connectivity index (χ4v) is 3.42. The number of amides is 2. The molecule has 0 radical (unpaired) electrons. The van der Waals surface area contributed by atoms with Gasteiger partial charge in [-0.3, -0.25) is 0 Å². The molecule has 2 N–H and O–H groups in total. The summed E-state index contributed by atoms with van der Waals surface area (Å²) in [4.78, 5) is 21.6. The topological polar surface area (TPSA) is 70.2 Å². The fourth-order valence-electron chi connectivity index (χ4n) is 3.42. The van der Waals surface area contributed by atoms with Crippen molar-refractivity contribution in [3.63, 3.8) is 0 Å². The van der Waals surface area contributed by atoms with Gasteiger partial charge in [-0.05, 0) is 41.8 Å². The lowest BCUT2D eigenvalue weighted by molar-refractivity contribution is -0.274. The van der Waals surface area contributed by atoms with E-state index in [2.05, 4.69) is 20.0 Å². The molecule has 0 fully saturated rings. The Hall–Kier alpha value is -3.49. The van der Waals surface area contributed by atoms with Crippen LogP contribution in [0.15, 0.2) is 54.9 Å². The Labute approximate surface area is 170 Å². The van der Waals surface area contributed by atoms with Crippen LogP contribution >= 0.6 is 0 Å². The lowest BCUT2D eigenvalue weighted by Gasteiger charge is -2.26. The summed E-state index contributed by atoms with van der Waals surface area (Å²) in [6, 6.07) is 9.11. The minimum absolute atomic E-state index is 0.215. The monoisotopic (exact) mass is 416 g/mol. The van der Waals surface area contributed by atoms with Crippen LogP contribution in [0.3, 0.4) is 0 Å². The molecule has 6 nitrogen and oxygen atoms in total. The van der Waals surface area contributed by atoms with Crippen LogP contribution in [0.2, 0.25) is 0 Å². The van der Waals surface area contributed by atoms with Crippen molar-refractivity contribution in [2.45, 2.75) is 19.3 Å². The maximum absolute atomic E-state index is 12.4. The van der Waals surface area contributed by atoms with Crippen LogP contribution in [0.5, 0.6) is 5.75 Å². The zero-order valence-electron chi connectivity index (χ0n) is 15.9. The molecule has 0 saturated carbocycles. The molecule has 0 unspecified atom stereocenters. The van der Waals surface area contributed by atoms with Crippen LogP contribution in [0, 0.1) is 0 Å². The van der Waals surface area contributed by atoms with Gasteiger partial charge in [-0.15, -0.1) is 13.2 Å². The molecule has 1 aliphatic heterocycles. The summed E-state index contributed by atoms with van der Waals surface area (Å²) < 4.78 is 40.4. The Morgan fingerprint density at radius 3 is 2.73 bits per heavy atom. The van der Waals surface area contributed by atoms with Crippen molar-refractivity contribution in [3.05, 3.63) is 66.0 Å². The van der Waals surface area contributed by atoms with Crippen LogP contribution in [-0.2, 0) is 6.54 Å². The van der Waals surface area contributed by atoms with Crippen molar-refractivity contribution in [2.24, 2.45) is 0 Å². The predicted octanol–water partition coefficient (Wildman–Crippen LogP) is 4.46. The molecular weight excluding hydrogens is 397 g/mol. The highest BCUT2D eigenvalue weighted by Gasteiger charge is 2.31. The summed E-state index contributed by atoms with van der Waals surface area (Å²) in [5.74, 6) is -0.293. The molecule has 1 aromatic carbocycles. The maximum Gasteiger partial charge on any atom is 0.573 e. The number of benzene rings is 1. The number of ether oxygens (including phenoxy) is 1. The Balaban J connectivity index is 1.32. The minimum Gasteiger partial charge on any atom is -0.406 e. The standard InChI is InChI=1S/C21H19F3N4O2/c22-21(23,24)30-16-5-3-14(4-6-16)12-27-20(29)28-10-7-15(8-11-28)18-13-26-19-17(18)2-1-9-25-19/h1-7,9,13H,8,10-12H2,(H,25,26)(H,27,29). The van der Waals surface area contributed by atoms with E-state index in [4.69, 9.17) is 0 Å². The number of urea groups is 1. The summed E-state index contributed by atoms with van der Waals surface area (Å²) in [7, 11) is 0. The number of nitrogens with zero attached hydrogens (tertiary/aromatic N) is 2. The van der Waals surface area contributed by atoms with E-state index in [1.54, 1.807) is 11.1 Å². The SMILES string of the molecule is O=C(NCc1ccc(OC(F)(F)F)cc1)N1CC=C(c2c[nH]c3ncccc23)CC1. The highest BCUT2D eigenvalue weighted by molar-refractivity contribution is 5.91. The molecule has 4 rings (SSSR count). The third-order valence-corrected chi connectivity index (χ3v) is 4.89. The Morgan fingerprint density at radius 2 is 2.03 bits per heavy atom. The Kier molecular flexibility index (Phi) is 5.35. The minimum atomic E-state index is -4.72. The van der Waals surface area contributed by atoms with Gasteiger partial charge in [0.2, 0.25) is 0 Å². The van der Waals surface area contributed by atoms with E-state index in [9.17, 15) is 18.0 Å². The molecule has 156 valence electrons. The van der Waals surface area contributed by atoms with Crippen molar-refractivity contribution in [3.8, 4) is 5.75 Å². The molecular formula is C21H19F3N4O2. The first-order valence-electron chi connectivity index (χ1n) is 9.38. The van der Waals surface area contributed by atoms with Crippen molar-refractivity contribution >= 4 is 22.6 Å². The molecule has 0 aliphatic carbocycles. The lowest BCUT2D eigenvalue weighted by Crippen LogP contribution is -2.41. The van der Waals surface area contributed by atoms with Crippen LogP contribution in [0.1, 0.15) is 17.5 Å². The molecule has 0 atom stereocenters. The molecule has 0 saturated heterocycles. The first-order valence-corrected chi connectivity index (χ1v) is 9.38. The number of rotatable bonds is 4. The number of hydrogen-bond donors (Lipinski definition) is 2. The number of pyridine rings is 1. The summed E-state index contributed by atoms with van der Waals surface area (Å²) in [6.45, 7) is 1.27. The third-order valence-electron chi connectivity index (χ3n) is 4.89. The highest BCUT2D eigenvalue weighted by atomic mass is 19.4. The van der Waals surface area contributed by atoms with Gasteiger partial charge < -0.3 is 19.9 Å². The first-order chi connectivity index (χ1) is 14.4. The van der Waals surface area contributed by atoms with Gasteiger partial charge in [-0.1, -0.05) is 18.2 Å². The molecule has 0 bridgehead atoms. The van der Waals surface area contributed by atoms with Crippen LogP contribution < -0.4 is 10.1 Å². The second-order valence-electron chi connectivity index (χ2n) is 6.88. The van der Waals surface area contributed by atoms with Crippen LogP contribution in [0.25, 0.3) is 16.6 Å². The molecule has 2 aromatic heterocycles. The number of halogens is 3. The summed E-state index contributed by atoms with van der Waals surface area (Å²) in [6.07, 6.45) is 1.70. The molecule has 1 aliphatic rings. The van der Waals surface area contributed by atoms with Crippen LogP contribution in [-0.4, -0.2) is 40.4 Å². The van der Waals surface area contributed by atoms with Gasteiger partial charge in [-0.2, -0.15) is 0 Å². The van der Waals surface area contributed by atoms with Crippen molar-refractivity contribution < 1.29 is 22.7 Å². The van der Waals surface area contributed by atoms with E-state index in [1.807, 2.05) is 24.4 Å². The van der Waals surface area contributed by atoms with Gasteiger partial charge >= 0.3 is 12.4 Å². The van der Waals surface area contributed by atoms with E-state index in [-0.39, 0.29) is 18.3 Å². The van der Waals surface area contributed by atoms with E-state index in [0.717, 1.165) is 23.0 Å². The van der Waals surface area contributed by atoms with Gasteiger partial charge in [0, 0.05) is 43.0 Å². The zero-order valence-corrected chi connectivity index (χ0v) is 15.9. The maximum atomic E-state index is 12.4. The number of carbonyl (C=O) groups excluding carboxylic acids is 1. The second-order valence-corrected chi connectivity index (χ2v) is 6.88. The van der Waals surface area contributed by atoms with Gasteiger partial charge in [0.05, 0.1) is 0 Å². The largest absolute Gasteiger partial charge is 0.573 e. The number of fused-ring (bicyclic) bond motifs is 1. The van der Waals surface area contributed by atoms with Gasteiger partial charge in [0.1, 0.15) is 11.4 Å². The molecule has 3 aromatic rings. The predicted molar refractivity (Wildman–Crippen MR) is 106 cm³/mol. The number of hydrogen-bond acceptors (Lipinski definition) is 3. The number of aromatic amines is 1. The second kappa shape index (κ2) is 8.10. The van der Waals surface area contributed by atoms with Crippen LogP contribution in [0.4, 0.5) is 18.0 Å². The van der Waals surface area contributed by atoms with Gasteiger partial charge in [0.25, 0.3) is 0 Å². The average molecular weight is 416 g/mol. The summed E-state index contributed by atoms with van der Waals surface area (Å²) in [5.41, 5.74) is 3.77. The first kappa shape index (κ1) is 19.8. The van der Waals surface area contributed by atoms with Gasteiger partial charge in [-0.25, -0.2) is 9.78 Å². The summed E-state index contributed by atoms with van der Waals surface area (Å²) in [5, 5.41) is 3.85. The molecule has 2 amide bonds. The number of H-pyrrole nitrogens is 1. The number of nitrogens with one attached hydrogen (secondary N) is 2. The molecule has 30 heavy (non-hydrogen) atoms. The average Bonchev–Trinajstić information content (AvgIpc) is 3.16. The Bertz CT molecular complexity index is 1070. The third kappa shape index (κ3) is 4.56. The lowest BCUT2D eigenvalue weighted by atomic mass is 10.00. The molecule has 9 heteroatoms. The van der Waals surface area contributed by atoms with E-state index < -0.39 is 6.36 Å². The van der Waals surface area contributed by atoms with Crippen molar-refractivity contribution in [1.82, 2.24) is 20.2 Å². The number of alkyl halides is 3. The van der Waals surface area contributed by atoms with Crippen molar-refractivity contribution in [2.75, 3.05) is 13.1 Å². The summed E-state index contributed by atoms with van der Waals surface area (Å²) >= 11 is 0. The van der Waals surface area contributed by atoms with Gasteiger partial charge in [0.15, 0.2) is 0 Å². The Morgan fingerprint density at radius 1 is 1.23 bits per heavy atom. The van der Waals surface area contributed by atoms with Crippen molar-refractivity contribution in [1.29, 1.82) is 0 Å². The molecule has 0 spiro atoms.